The van der Waals surface area contributed by atoms with Gasteiger partial charge in [0.1, 0.15) is 6.54 Å². The highest BCUT2D eigenvalue weighted by Crippen LogP contribution is 2.19. The normalized spacial score (nSPS) is 11.9. The molecule has 1 amide bonds. The van der Waals surface area contributed by atoms with Crippen LogP contribution < -0.4 is 5.32 Å². The number of aryl methyl sites for hydroxylation is 1. The number of carbonyl (C=O) groups is 1. The number of nitrogens with zero attached hydrogens (tertiary/aromatic N) is 2. The van der Waals surface area contributed by atoms with E-state index in [4.69, 9.17) is 0 Å². The lowest BCUT2D eigenvalue weighted by Gasteiger charge is -2.18. The molecule has 0 fully saturated rings. The van der Waals surface area contributed by atoms with Crippen molar-refractivity contribution in [2.24, 2.45) is 0 Å². The monoisotopic (exact) mass is 413 g/mol. The Balaban J connectivity index is 1.64. The first-order valence-corrected chi connectivity index (χ1v) is 11.2. The van der Waals surface area contributed by atoms with Gasteiger partial charge in [-0.3, -0.25) is 4.79 Å². The lowest BCUT2D eigenvalue weighted by molar-refractivity contribution is -0.121. The van der Waals surface area contributed by atoms with E-state index in [9.17, 15) is 13.2 Å². The Morgan fingerprint density at radius 2 is 1.69 bits per heavy atom. The molecule has 2 aromatic carbocycles. The topological polar surface area (TPSA) is 71.4 Å². The number of amides is 1. The number of carbonyl (C=O) groups excluding carboxylic acids is 1. The first kappa shape index (κ1) is 21.1. The van der Waals surface area contributed by atoms with Crippen LogP contribution in [0.15, 0.2) is 59.5 Å². The van der Waals surface area contributed by atoms with Gasteiger partial charge in [0.25, 0.3) is 0 Å². The molecule has 1 aromatic heterocycles. The quantitative estimate of drug-likeness (QED) is 0.616. The summed E-state index contributed by atoms with van der Waals surface area (Å²) in [5.74, 6) is -0.0886. The maximum Gasteiger partial charge on any atom is 0.243 e. The van der Waals surface area contributed by atoms with Gasteiger partial charge in [-0.1, -0.05) is 44.2 Å². The van der Waals surface area contributed by atoms with E-state index in [0.717, 1.165) is 22.2 Å². The van der Waals surface area contributed by atoms with Gasteiger partial charge in [-0.15, -0.1) is 0 Å². The fourth-order valence-electron chi connectivity index (χ4n) is 3.45. The fraction of sp³-hybridized carbons (Fsp3) is 0.318. The molecule has 3 aromatic rings. The molecular weight excluding hydrogens is 386 g/mol. The summed E-state index contributed by atoms with van der Waals surface area (Å²) >= 11 is 0. The Morgan fingerprint density at radius 3 is 2.34 bits per heavy atom. The van der Waals surface area contributed by atoms with Crippen molar-refractivity contribution < 1.29 is 13.2 Å². The first-order chi connectivity index (χ1) is 13.9. The molecule has 0 bridgehead atoms. The van der Waals surface area contributed by atoms with E-state index in [2.05, 4.69) is 11.4 Å². The third-order valence-corrected chi connectivity index (χ3v) is 7.14. The van der Waals surface area contributed by atoms with Crippen LogP contribution in [0.2, 0.25) is 0 Å². The highest BCUT2D eigenvalue weighted by atomic mass is 32.2. The van der Waals surface area contributed by atoms with Crippen LogP contribution in [0.25, 0.3) is 10.9 Å². The Bertz CT molecular complexity index is 1100. The summed E-state index contributed by atoms with van der Waals surface area (Å²) in [6.07, 6.45) is 0. The molecule has 0 saturated heterocycles. The summed E-state index contributed by atoms with van der Waals surface area (Å²) in [4.78, 5) is 12.7. The van der Waals surface area contributed by atoms with Crippen molar-refractivity contribution in [1.82, 2.24) is 14.2 Å². The van der Waals surface area contributed by atoms with Gasteiger partial charge in [-0.05, 0) is 42.1 Å². The van der Waals surface area contributed by atoms with Crippen molar-refractivity contribution in [1.29, 1.82) is 0 Å². The molecule has 0 atom stereocenters. The van der Waals surface area contributed by atoms with Crippen LogP contribution in [0.1, 0.15) is 25.1 Å². The molecular formula is C22H27N3O3S. The van der Waals surface area contributed by atoms with E-state index in [1.165, 1.54) is 4.31 Å². The molecule has 6 nitrogen and oxygen atoms in total. The number of nitrogens with one attached hydrogen (secondary N) is 1. The molecule has 0 aliphatic carbocycles. The SMILES string of the molecule is CCN(CC)S(=O)(=O)c1ccc(CNC(=O)Cn2c(C)cc3ccccc32)cc1. The van der Waals surface area contributed by atoms with Crippen molar-refractivity contribution in [3.05, 3.63) is 65.9 Å². The third-order valence-electron chi connectivity index (χ3n) is 5.08. The molecule has 0 spiro atoms. The molecule has 1 heterocycles. The van der Waals surface area contributed by atoms with E-state index >= 15 is 0 Å². The van der Waals surface area contributed by atoms with Crippen LogP contribution in [0.3, 0.4) is 0 Å². The molecule has 0 aliphatic rings. The van der Waals surface area contributed by atoms with Gasteiger partial charge >= 0.3 is 0 Å². The summed E-state index contributed by atoms with van der Waals surface area (Å²) in [7, 11) is -3.47. The summed E-state index contributed by atoms with van der Waals surface area (Å²) in [5, 5.41) is 4.03. The number of fused-ring (bicyclic) bond motifs is 1. The van der Waals surface area contributed by atoms with E-state index in [0.29, 0.717) is 19.6 Å². The van der Waals surface area contributed by atoms with E-state index in [1.54, 1.807) is 24.3 Å². The van der Waals surface area contributed by atoms with E-state index in [1.807, 2.05) is 49.6 Å². The predicted molar refractivity (Wildman–Crippen MR) is 115 cm³/mol. The van der Waals surface area contributed by atoms with Crippen LogP contribution in [-0.2, 0) is 27.9 Å². The molecule has 29 heavy (non-hydrogen) atoms. The summed E-state index contributed by atoms with van der Waals surface area (Å²) in [6, 6.07) is 16.7. The zero-order valence-electron chi connectivity index (χ0n) is 17.1. The standard InChI is InChI=1S/C22H27N3O3S/c1-4-24(5-2)29(27,28)20-12-10-18(11-13-20)15-23-22(26)16-25-17(3)14-19-8-6-7-9-21(19)25/h6-14H,4-5,15-16H2,1-3H3,(H,23,26). The maximum atomic E-state index is 12.5. The Hall–Kier alpha value is -2.64. The highest BCUT2D eigenvalue weighted by molar-refractivity contribution is 7.89. The molecule has 0 saturated carbocycles. The summed E-state index contributed by atoms with van der Waals surface area (Å²) in [6.45, 7) is 7.09. The minimum absolute atomic E-state index is 0.0886. The Labute approximate surface area is 172 Å². The van der Waals surface area contributed by atoms with Crippen molar-refractivity contribution in [3.8, 4) is 0 Å². The third kappa shape index (κ3) is 4.52. The van der Waals surface area contributed by atoms with Crippen molar-refractivity contribution in [2.75, 3.05) is 13.1 Å². The Kier molecular flexibility index (Phi) is 6.39. The van der Waals surface area contributed by atoms with Gasteiger partial charge in [-0.25, -0.2) is 8.42 Å². The minimum Gasteiger partial charge on any atom is -0.350 e. The van der Waals surface area contributed by atoms with Gasteiger partial charge in [-0.2, -0.15) is 4.31 Å². The molecule has 3 rings (SSSR count). The second-order valence-electron chi connectivity index (χ2n) is 6.94. The zero-order valence-corrected chi connectivity index (χ0v) is 17.9. The van der Waals surface area contributed by atoms with Crippen molar-refractivity contribution in [2.45, 2.75) is 38.8 Å². The molecule has 7 heteroatoms. The highest BCUT2D eigenvalue weighted by Gasteiger charge is 2.21. The van der Waals surface area contributed by atoms with Crippen LogP contribution in [0.4, 0.5) is 0 Å². The second kappa shape index (κ2) is 8.80. The second-order valence-corrected chi connectivity index (χ2v) is 8.88. The summed E-state index contributed by atoms with van der Waals surface area (Å²) in [5.41, 5.74) is 2.92. The van der Waals surface area contributed by atoms with Crippen molar-refractivity contribution in [3.63, 3.8) is 0 Å². The number of sulfonamides is 1. The van der Waals surface area contributed by atoms with Crippen LogP contribution in [-0.4, -0.2) is 36.3 Å². The average Bonchev–Trinajstić information content (AvgIpc) is 3.02. The van der Waals surface area contributed by atoms with Gasteiger partial charge < -0.3 is 9.88 Å². The molecule has 0 radical (unpaired) electrons. The molecule has 1 N–H and O–H groups in total. The van der Waals surface area contributed by atoms with Gasteiger partial charge in [0.15, 0.2) is 0 Å². The maximum absolute atomic E-state index is 12.5. The number of rotatable bonds is 8. The van der Waals surface area contributed by atoms with Gasteiger partial charge in [0.05, 0.1) is 4.90 Å². The van der Waals surface area contributed by atoms with Crippen LogP contribution in [0.5, 0.6) is 0 Å². The Morgan fingerprint density at radius 1 is 1.03 bits per heavy atom. The molecule has 154 valence electrons. The smallest absolute Gasteiger partial charge is 0.243 e. The van der Waals surface area contributed by atoms with Crippen LogP contribution >= 0.6 is 0 Å². The average molecular weight is 414 g/mol. The van der Waals surface area contributed by atoms with Gasteiger partial charge in [0.2, 0.25) is 15.9 Å². The largest absolute Gasteiger partial charge is 0.350 e. The molecule has 0 unspecified atom stereocenters. The number of para-hydroxylation sites is 1. The first-order valence-electron chi connectivity index (χ1n) is 9.77. The number of hydrogen-bond acceptors (Lipinski definition) is 3. The van der Waals surface area contributed by atoms with Gasteiger partial charge in [0, 0.05) is 30.8 Å². The lowest BCUT2D eigenvalue weighted by atomic mass is 10.2. The lowest BCUT2D eigenvalue weighted by Crippen LogP contribution is -2.30. The van der Waals surface area contributed by atoms with Crippen molar-refractivity contribution >= 4 is 26.8 Å². The van der Waals surface area contributed by atoms with E-state index < -0.39 is 10.0 Å². The minimum atomic E-state index is -3.47. The number of benzene rings is 2. The van der Waals surface area contributed by atoms with Crippen LogP contribution in [0, 0.1) is 6.92 Å². The zero-order chi connectivity index (χ0) is 21.0. The molecule has 0 aliphatic heterocycles. The number of aromatic nitrogens is 1. The number of hydrogen-bond donors (Lipinski definition) is 1. The predicted octanol–water partition coefficient (Wildman–Crippen LogP) is 3.30. The summed E-state index contributed by atoms with van der Waals surface area (Å²) < 4.78 is 28.5. The van der Waals surface area contributed by atoms with E-state index in [-0.39, 0.29) is 17.3 Å². The fourth-order valence-corrected chi connectivity index (χ4v) is 4.91.